The van der Waals surface area contributed by atoms with Crippen molar-refractivity contribution in [2.24, 2.45) is 9.98 Å². The number of nitrogens with two attached hydrogens (primary N) is 1. The maximum atomic E-state index is 13.7. The molecule has 0 saturated carbocycles. The summed E-state index contributed by atoms with van der Waals surface area (Å²) in [5.74, 6) is 2.26. The smallest absolute Gasteiger partial charge is 0.260 e. The van der Waals surface area contributed by atoms with Crippen LogP contribution in [0.3, 0.4) is 0 Å². The fourth-order valence-electron chi connectivity index (χ4n) is 7.11. The third kappa shape index (κ3) is 6.51. The van der Waals surface area contributed by atoms with Crippen molar-refractivity contribution in [2.45, 2.75) is 31.3 Å². The molecular weight excluding hydrogens is 686 g/mol. The molecule has 12 heteroatoms. The molecule has 0 aliphatic carbocycles. The molecule has 54 heavy (non-hydrogen) atoms. The van der Waals surface area contributed by atoms with E-state index < -0.39 is 0 Å². The Kier molecular flexibility index (Phi) is 9.24. The van der Waals surface area contributed by atoms with Crippen LogP contribution in [-0.2, 0) is 0 Å². The van der Waals surface area contributed by atoms with Crippen molar-refractivity contribution in [2.75, 3.05) is 40.3 Å². The van der Waals surface area contributed by atoms with E-state index in [0.717, 1.165) is 28.0 Å². The summed E-state index contributed by atoms with van der Waals surface area (Å²) in [5.41, 5.74) is 12.6. The molecule has 12 nitrogen and oxygen atoms in total. The molecule has 0 bridgehead atoms. The Morgan fingerprint density at radius 2 is 1.19 bits per heavy atom. The standard InChI is InChI=1S/C42H39N5O7/c1-50-32-10-8-25(9-11-32)27-15-30-21-44-35-19-39(37(51-2)17-33(35)41(48)46(30)23-27)53-12-5-13-54-40-20-36-34(18-38(40)52-3)42(49)47-24-28(16-31(47)22-45-36)26-6-4-7-29(43)14-26/h4,6-11,14,17-24,30-31H,5,12-13,15-16,43H2,1-3H3/t30-,31-/m0/s1. The molecule has 0 radical (unpaired) electrons. The van der Waals surface area contributed by atoms with E-state index in [0.29, 0.717) is 83.7 Å². The first-order valence-electron chi connectivity index (χ1n) is 17.7. The number of amides is 2. The Balaban J connectivity index is 0.911. The number of hydrogen-bond acceptors (Lipinski definition) is 10. The molecule has 0 aromatic heterocycles. The predicted molar refractivity (Wildman–Crippen MR) is 207 cm³/mol. The first-order chi connectivity index (χ1) is 26.3. The summed E-state index contributed by atoms with van der Waals surface area (Å²) in [7, 11) is 4.71. The van der Waals surface area contributed by atoms with E-state index in [1.165, 1.54) is 7.11 Å². The number of hydrogen-bond donors (Lipinski definition) is 1. The van der Waals surface area contributed by atoms with Crippen LogP contribution in [0.25, 0.3) is 11.1 Å². The Bertz CT molecular complexity index is 2260. The second-order valence-electron chi connectivity index (χ2n) is 13.3. The fourth-order valence-corrected chi connectivity index (χ4v) is 7.11. The van der Waals surface area contributed by atoms with E-state index in [-0.39, 0.29) is 23.9 Å². The zero-order valence-corrected chi connectivity index (χ0v) is 30.2. The van der Waals surface area contributed by atoms with Crippen LogP contribution in [0.1, 0.15) is 51.1 Å². The number of benzene rings is 4. The SMILES string of the molecule is COc1ccc(C2=CN3C(=O)c4cc(OC)c(OCCCOc5cc6c(cc5OC)C(=O)N5C=C(c7cccc(N)c7)C[C@H]5C=N6)cc4N=C[C@@H]3C2)cc1. The van der Waals surface area contributed by atoms with Crippen LogP contribution >= 0.6 is 0 Å². The van der Waals surface area contributed by atoms with Crippen LogP contribution in [0.2, 0.25) is 0 Å². The van der Waals surface area contributed by atoms with E-state index in [9.17, 15) is 9.59 Å². The first kappa shape index (κ1) is 34.5. The van der Waals surface area contributed by atoms with Gasteiger partial charge in [-0.05, 0) is 58.7 Å². The lowest BCUT2D eigenvalue weighted by Crippen LogP contribution is -2.32. The maximum Gasteiger partial charge on any atom is 0.260 e. The van der Waals surface area contributed by atoms with Gasteiger partial charge in [-0.3, -0.25) is 19.6 Å². The van der Waals surface area contributed by atoms with Gasteiger partial charge in [-0.25, -0.2) is 0 Å². The number of carbonyl (C=O) groups excluding carboxylic acids is 2. The van der Waals surface area contributed by atoms with Crippen LogP contribution in [-0.4, -0.2) is 80.7 Å². The minimum Gasteiger partial charge on any atom is -0.497 e. The molecule has 4 aromatic rings. The predicted octanol–water partition coefficient (Wildman–Crippen LogP) is 7.09. The molecule has 2 N–H and O–H groups in total. The van der Waals surface area contributed by atoms with Crippen LogP contribution in [0.15, 0.2) is 95.2 Å². The van der Waals surface area contributed by atoms with E-state index in [1.807, 2.05) is 67.1 Å². The molecule has 4 aliphatic rings. The van der Waals surface area contributed by atoms with Gasteiger partial charge in [0.1, 0.15) is 5.75 Å². The van der Waals surface area contributed by atoms with Gasteiger partial charge in [0.15, 0.2) is 23.0 Å². The summed E-state index contributed by atoms with van der Waals surface area (Å²) in [6.07, 6.45) is 9.19. The second kappa shape index (κ2) is 14.5. The molecule has 4 aliphatic heterocycles. The van der Waals surface area contributed by atoms with Gasteiger partial charge in [0.2, 0.25) is 0 Å². The minimum atomic E-state index is -0.213. The van der Waals surface area contributed by atoms with Gasteiger partial charge >= 0.3 is 0 Å². The first-order valence-corrected chi connectivity index (χ1v) is 17.7. The van der Waals surface area contributed by atoms with E-state index in [1.54, 1.807) is 54.5 Å². The Morgan fingerprint density at radius 3 is 1.69 bits per heavy atom. The molecule has 0 unspecified atom stereocenters. The zero-order valence-electron chi connectivity index (χ0n) is 30.2. The third-order valence-corrected chi connectivity index (χ3v) is 9.95. The molecule has 4 aromatic carbocycles. The summed E-state index contributed by atoms with van der Waals surface area (Å²) < 4.78 is 28.8. The molecule has 0 fully saturated rings. The Labute approximate surface area is 312 Å². The van der Waals surface area contributed by atoms with Crippen molar-refractivity contribution < 1.29 is 33.3 Å². The van der Waals surface area contributed by atoms with Gasteiger partial charge in [-0.2, -0.15) is 0 Å². The molecule has 4 heterocycles. The highest BCUT2D eigenvalue weighted by atomic mass is 16.5. The van der Waals surface area contributed by atoms with Gasteiger partial charge in [-0.1, -0.05) is 24.3 Å². The van der Waals surface area contributed by atoms with Gasteiger partial charge in [0.05, 0.1) is 69.1 Å². The van der Waals surface area contributed by atoms with Crippen molar-refractivity contribution >= 4 is 52.5 Å². The number of anilines is 1. The van der Waals surface area contributed by atoms with Gasteiger partial charge in [-0.15, -0.1) is 0 Å². The van der Waals surface area contributed by atoms with Gasteiger partial charge in [0.25, 0.3) is 11.8 Å². The number of rotatable bonds is 11. The number of fused-ring (bicyclic) bond motifs is 4. The molecule has 2 amide bonds. The monoisotopic (exact) mass is 725 g/mol. The van der Waals surface area contributed by atoms with Gasteiger partial charge < -0.3 is 39.2 Å². The van der Waals surface area contributed by atoms with Crippen LogP contribution in [0.5, 0.6) is 28.7 Å². The maximum absolute atomic E-state index is 13.7. The van der Waals surface area contributed by atoms with E-state index >= 15 is 0 Å². The van der Waals surface area contributed by atoms with Crippen molar-refractivity contribution in [3.63, 3.8) is 0 Å². The third-order valence-electron chi connectivity index (χ3n) is 9.95. The topological polar surface area (TPSA) is 138 Å². The van der Waals surface area contributed by atoms with E-state index in [2.05, 4.69) is 4.99 Å². The van der Waals surface area contributed by atoms with Crippen LogP contribution < -0.4 is 29.4 Å². The number of aliphatic imine (C=N–C) groups is 2. The lowest BCUT2D eigenvalue weighted by atomic mass is 10.0. The average molecular weight is 726 g/mol. The molecule has 274 valence electrons. The molecule has 0 saturated heterocycles. The van der Waals surface area contributed by atoms with Crippen molar-refractivity contribution in [3.8, 4) is 28.7 Å². The number of methoxy groups -OCH3 is 3. The number of nitrogens with zero attached hydrogens (tertiary/aromatic N) is 4. The summed E-state index contributed by atoms with van der Waals surface area (Å²) in [6, 6.07) is 21.9. The summed E-state index contributed by atoms with van der Waals surface area (Å²) in [5, 5.41) is 0. The molecule has 2 atom stereocenters. The quantitative estimate of drug-likeness (QED) is 0.128. The largest absolute Gasteiger partial charge is 0.497 e. The normalized spacial score (nSPS) is 18.1. The molecule has 8 rings (SSSR count). The van der Waals surface area contributed by atoms with Crippen molar-refractivity contribution in [1.82, 2.24) is 9.80 Å². The van der Waals surface area contributed by atoms with Gasteiger partial charge in [0, 0.05) is 61.9 Å². The molecular formula is C42H39N5O7. The van der Waals surface area contributed by atoms with Crippen LogP contribution in [0, 0.1) is 0 Å². The van der Waals surface area contributed by atoms with Crippen molar-refractivity contribution in [1.29, 1.82) is 0 Å². The van der Waals surface area contributed by atoms with E-state index in [4.69, 9.17) is 34.4 Å². The fraction of sp³-hybridized carbons (Fsp3) is 0.238. The Hall–Kier alpha value is -6.56. The highest BCUT2D eigenvalue weighted by molar-refractivity contribution is 6.06. The summed E-state index contributed by atoms with van der Waals surface area (Å²) >= 11 is 0. The second-order valence-corrected chi connectivity index (χ2v) is 13.3. The van der Waals surface area contributed by atoms with Crippen LogP contribution in [0.4, 0.5) is 17.1 Å². The highest BCUT2D eigenvalue weighted by Crippen LogP contribution is 2.42. The summed E-state index contributed by atoms with van der Waals surface area (Å²) in [4.78, 5) is 40.3. The number of nitrogen functional groups attached to an aromatic ring is 1. The van der Waals surface area contributed by atoms with Crippen molar-refractivity contribution in [3.05, 3.63) is 107 Å². The zero-order chi connectivity index (χ0) is 37.3. The molecule has 0 spiro atoms. The number of carbonyl (C=O) groups is 2. The highest BCUT2D eigenvalue weighted by Gasteiger charge is 2.35. The number of ether oxygens (including phenoxy) is 5. The minimum absolute atomic E-state index is 0.158. The lowest BCUT2D eigenvalue weighted by molar-refractivity contribution is 0.0809. The summed E-state index contributed by atoms with van der Waals surface area (Å²) in [6.45, 7) is 0.606. The average Bonchev–Trinajstić information content (AvgIpc) is 3.78. The lowest BCUT2D eigenvalue weighted by Gasteiger charge is -2.19. The Morgan fingerprint density at radius 1 is 0.648 bits per heavy atom.